The van der Waals surface area contributed by atoms with Crippen molar-refractivity contribution in [2.24, 2.45) is 0 Å². The number of hydrogen-bond donors (Lipinski definition) is 4. The largest absolute Gasteiger partial charge is 0.383 e. The summed E-state index contributed by atoms with van der Waals surface area (Å²) >= 11 is 0. The van der Waals surface area contributed by atoms with Crippen molar-refractivity contribution in [3.05, 3.63) is 78.3 Å². The number of nitrogens with one attached hydrogen (secondary N) is 3. The molecule has 0 aliphatic carbocycles. The van der Waals surface area contributed by atoms with Gasteiger partial charge in [0.25, 0.3) is 0 Å². The number of carbonyl (C=O) groups is 1. The van der Waals surface area contributed by atoms with Crippen LogP contribution >= 0.6 is 0 Å². The molecule has 0 fully saturated rings. The molecule has 3 heterocycles. The van der Waals surface area contributed by atoms with Gasteiger partial charge in [0.2, 0.25) is 11.7 Å². The summed E-state index contributed by atoms with van der Waals surface area (Å²) in [6, 6.07) is 15.2. The van der Waals surface area contributed by atoms with Crippen LogP contribution in [-0.4, -0.2) is 30.5 Å². The second kappa shape index (κ2) is 6.63. The Kier molecular flexibility index (Phi) is 3.92. The van der Waals surface area contributed by atoms with Gasteiger partial charge in [0.1, 0.15) is 5.82 Å². The minimum absolute atomic E-state index is 0.205. The Bertz CT molecular complexity index is 1400. The number of imidazole rings is 1. The minimum Gasteiger partial charge on any atom is -0.383 e. The standard InChI is InChI=1S/C22H19N7O/c1-12(2)25-22-27-17-8-7-14(10-18(17)28-22)29-21(23)15(11-24-29)20(30)19-9-13-5-3-4-6-16(13)26-19/h3-11,26H,1,23H2,2H3,(H2,25,27,28). The zero-order valence-corrected chi connectivity index (χ0v) is 16.2. The molecule has 5 aromatic rings. The van der Waals surface area contributed by atoms with Crippen molar-refractivity contribution in [1.82, 2.24) is 24.7 Å². The molecule has 5 rings (SSSR count). The minimum atomic E-state index is -0.205. The Hall–Kier alpha value is -4.33. The zero-order valence-electron chi connectivity index (χ0n) is 16.2. The first-order valence-electron chi connectivity index (χ1n) is 9.38. The molecule has 0 atom stereocenters. The molecule has 5 N–H and O–H groups in total. The predicted octanol–water partition coefficient (Wildman–Crippen LogP) is 3.99. The normalized spacial score (nSPS) is 11.2. The lowest BCUT2D eigenvalue weighted by Crippen LogP contribution is -2.07. The smallest absolute Gasteiger partial charge is 0.214 e. The summed E-state index contributed by atoms with van der Waals surface area (Å²) in [5.41, 5.74) is 11.1. The molecule has 0 amide bonds. The zero-order chi connectivity index (χ0) is 20.8. The van der Waals surface area contributed by atoms with Crippen LogP contribution in [0.15, 0.2) is 67.0 Å². The molecule has 0 aliphatic rings. The van der Waals surface area contributed by atoms with Crippen molar-refractivity contribution in [2.75, 3.05) is 11.1 Å². The number of aromatic nitrogens is 5. The van der Waals surface area contributed by atoms with Gasteiger partial charge in [-0.15, -0.1) is 0 Å². The molecular formula is C22H19N7O. The average molecular weight is 397 g/mol. The number of para-hydroxylation sites is 1. The summed E-state index contributed by atoms with van der Waals surface area (Å²) in [6.07, 6.45) is 1.49. The molecule has 0 unspecified atom stereocenters. The van der Waals surface area contributed by atoms with E-state index in [9.17, 15) is 4.79 Å². The highest BCUT2D eigenvalue weighted by Gasteiger charge is 2.20. The number of allylic oxidation sites excluding steroid dienone is 1. The number of nitrogens with zero attached hydrogens (tertiary/aromatic N) is 3. The molecule has 148 valence electrons. The third-order valence-electron chi connectivity index (χ3n) is 4.87. The topological polar surface area (TPSA) is 117 Å². The maximum atomic E-state index is 13.0. The van der Waals surface area contributed by atoms with E-state index < -0.39 is 0 Å². The fourth-order valence-electron chi connectivity index (χ4n) is 3.47. The van der Waals surface area contributed by atoms with Gasteiger partial charge in [-0.1, -0.05) is 24.8 Å². The Morgan fingerprint density at radius 3 is 2.77 bits per heavy atom. The van der Waals surface area contributed by atoms with Crippen LogP contribution in [0.5, 0.6) is 0 Å². The van der Waals surface area contributed by atoms with E-state index in [0.29, 0.717) is 22.9 Å². The van der Waals surface area contributed by atoms with Gasteiger partial charge in [-0.2, -0.15) is 5.10 Å². The molecular weight excluding hydrogens is 378 g/mol. The fraction of sp³-hybridized carbons (Fsp3) is 0.0455. The van der Waals surface area contributed by atoms with Crippen molar-refractivity contribution in [3.63, 3.8) is 0 Å². The van der Waals surface area contributed by atoms with E-state index in [1.807, 2.05) is 55.5 Å². The lowest BCUT2D eigenvalue weighted by atomic mass is 10.1. The number of hydrogen-bond acceptors (Lipinski definition) is 5. The monoisotopic (exact) mass is 397 g/mol. The second-order valence-electron chi connectivity index (χ2n) is 7.15. The number of carbonyl (C=O) groups excluding carboxylic acids is 1. The first kappa shape index (κ1) is 17.7. The molecule has 0 saturated carbocycles. The van der Waals surface area contributed by atoms with E-state index in [4.69, 9.17) is 5.73 Å². The van der Waals surface area contributed by atoms with Crippen molar-refractivity contribution in [3.8, 4) is 5.69 Å². The highest BCUT2D eigenvalue weighted by molar-refractivity contribution is 6.12. The molecule has 8 heteroatoms. The van der Waals surface area contributed by atoms with E-state index in [2.05, 4.69) is 31.9 Å². The number of nitrogen functional groups attached to an aromatic ring is 1. The number of rotatable bonds is 5. The van der Waals surface area contributed by atoms with Crippen LogP contribution < -0.4 is 11.1 Å². The van der Waals surface area contributed by atoms with Crippen LogP contribution in [-0.2, 0) is 0 Å². The van der Waals surface area contributed by atoms with Gasteiger partial charge in [-0.25, -0.2) is 9.67 Å². The van der Waals surface area contributed by atoms with E-state index in [1.54, 1.807) is 0 Å². The molecule has 8 nitrogen and oxygen atoms in total. The SMILES string of the molecule is C=C(C)Nc1nc2cc(-n3ncc(C(=O)c4cc5ccccc5[nH]4)c3N)ccc2[nH]1. The van der Waals surface area contributed by atoms with Crippen LogP contribution in [0.2, 0.25) is 0 Å². The summed E-state index contributed by atoms with van der Waals surface area (Å²) in [6.45, 7) is 5.67. The number of benzene rings is 2. The number of nitrogens with two attached hydrogens (primary N) is 1. The van der Waals surface area contributed by atoms with Crippen molar-refractivity contribution < 1.29 is 4.79 Å². The molecule has 0 aliphatic heterocycles. The molecule has 0 spiro atoms. The summed E-state index contributed by atoms with van der Waals surface area (Å²) < 4.78 is 1.54. The first-order chi connectivity index (χ1) is 14.5. The maximum absolute atomic E-state index is 13.0. The molecule has 2 aromatic carbocycles. The van der Waals surface area contributed by atoms with Gasteiger partial charge in [0.15, 0.2) is 0 Å². The molecule has 0 radical (unpaired) electrons. The van der Waals surface area contributed by atoms with Crippen LogP contribution in [0.1, 0.15) is 23.0 Å². The number of fused-ring (bicyclic) bond motifs is 2. The molecule has 0 saturated heterocycles. The van der Waals surface area contributed by atoms with E-state index >= 15 is 0 Å². The van der Waals surface area contributed by atoms with Gasteiger partial charge in [0.05, 0.1) is 34.2 Å². The highest BCUT2D eigenvalue weighted by Crippen LogP contribution is 2.24. The number of anilines is 2. The van der Waals surface area contributed by atoms with Crippen LogP contribution in [0.4, 0.5) is 11.8 Å². The Morgan fingerprint density at radius 2 is 1.97 bits per heavy atom. The Balaban J connectivity index is 1.50. The number of aromatic amines is 2. The Morgan fingerprint density at radius 1 is 1.13 bits per heavy atom. The quantitative estimate of drug-likeness (QED) is 0.335. The average Bonchev–Trinajstić information content (AvgIpc) is 3.42. The van der Waals surface area contributed by atoms with Gasteiger partial charge in [0, 0.05) is 16.6 Å². The molecule has 30 heavy (non-hydrogen) atoms. The van der Waals surface area contributed by atoms with Crippen LogP contribution in [0.3, 0.4) is 0 Å². The first-order valence-corrected chi connectivity index (χ1v) is 9.38. The lowest BCUT2D eigenvalue weighted by molar-refractivity contribution is 0.103. The van der Waals surface area contributed by atoms with E-state index in [-0.39, 0.29) is 11.6 Å². The second-order valence-corrected chi connectivity index (χ2v) is 7.15. The lowest BCUT2D eigenvalue weighted by Gasteiger charge is -2.04. The van der Waals surface area contributed by atoms with E-state index in [0.717, 1.165) is 27.6 Å². The van der Waals surface area contributed by atoms with Crippen LogP contribution in [0, 0.1) is 0 Å². The Labute approximate surface area is 171 Å². The third kappa shape index (κ3) is 2.91. The molecule has 3 aromatic heterocycles. The summed E-state index contributed by atoms with van der Waals surface area (Å²) in [7, 11) is 0. The fourth-order valence-corrected chi connectivity index (χ4v) is 3.47. The number of ketones is 1. The van der Waals surface area contributed by atoms with Gasteiger partial charge < -0.3 is 21.0 Å². The summed E-state index contributed by atoms with van der Waals surface area (Å²) in [5, 5.41) is 8.36. The summed E-state index contributed by atoms with van der Waals surface area (Å²) in [5.74, 6) is 0.676. The van der Waals surface area contributed by atoms with Crippen LogP contribution in [0.25, 0.3) is 27.6 Å². The predicted molar refractivity (Wildman–Crippen MR) is 118 cm³/mol. The van der Waals surface area contributed by atoms with Gasteiger partial charge in [-0.3, -0.25) is 4.79 Å². The van der Waals surface area contributed by atoms with Gasteiger partial charge >= 0.3 is 0 Å². The van der Waals surface area contributed by atoms with Gasteiger partial charge in [-0.05, 0) is 37.3 Å². The molecule has 0 bridgehead atoms. The van der Waals surface area contributed by atoms with Crippen molar-refractivity contribution in [1.29, 1.82) is 0 Å². The van der Waals surface area contributed by atoms with Crippen molar-refractivity contribution >= 4 is 39.5 Å². The number of H-pyrrole nitrogens is 2. The third-order valence-corrected chi connectivity index (χ3v) is 4.87. The summed E-state index contributed by atoms with van der Waals surface area (Å²) in [4.78, 5) is 23.8. The van der Waals surface area contributed by atoms with Crippen molar-refractivity contribution in [2.45, 2.75) is 6.92 Å². The highest BCUT2D eigenvalue weighted by atomic mass is 16.1. The maximum Gasteiger partial charge on any atom is 0.214 e. The van der Waals surface area contributed by atoms with E-state index in [1.165, 1.54) is 10.9 Å².